The maximum atomic E-state index is 12.8. The Balaban J connectivity index is 1.71. The number of aryl methyl sites for hydroxylation is 1. The molecule has 0 aliphatic rings. The average Bonchev–Trinajstić information content (AvgIpc) is 2.84. The van der Waals surface area contributed by atoms with Crippen LogP contribution in [0.4, 0.5) is 0 Å². The first-order valence-electron chi connectivity index (χ1n) is 10.7. The monoisotopic (exact) mass is 447 g/mol. The number of hydrogen-bond donors (Lipinski definition) is 2. The normalized spacial score (nSPS) is 11.4. The Kier molecular flexibility index (Phi) is 7.76. The van der Waals surface area contributed by atoms with Crippen molar-refractivity contribution in [3.05, 3.63) is 70.1 Å². The molecule has 0 aliphatic carbocycles. The third-order valence-corrected chi connectivity index (χ3v) is 5.02. The van der Waals surface area contributed by atoms with E-state index >= 15 is 0 Å². The number of ether oxygens (including phenoxy) is 1. The van der Waals surface area contributed by atoms with Crippen LogP contribution in [0.5, 0.6) is 5.75 Å². The number of nitrogens with one attached hydrogen (secondary N) is 2. The number of fused-ring (bicyclic) bond motifs is 1. The molecule has 1 unspecified atom stereocenters. The van der Waals surface area contributed by atoms with Crippen LogP contribution in [0.3, 0.4) is 0 Å². The summed E-state index contributed by atoms with van der Waals surface area (Å²) >= 11 is 0. The number of hydrazine groups is 1. The summed E-state index contributed by atoms with van der Waals surface area (Å²) in [7, 11) is 0. The Morgan fingerprint density at radius 3 is 2.45 bits per heavy atom. The highest BCUT2D eigenvalue weighted by molar-refractivity contribution is 6.05. The second kappa shape index (κ2) is 10.9. The van der Waals surface area contributed by atoms with Gasteiger partial charge in [0.05, 0.1) is 17.0 Å². The van der Waals surface area contributed by atoms with E-state index in [1.54, 1.807) is 48.5 Å². The van der Waals surface area contributed by atoms with Gasteiger partial charge in [-0.15, -0.1) is 0 Å². The van der Waals surface area contributed by atoms with Crippen LogP contribution >= 0.6 is 0 Å². The summed E-state index contributed by atoms with van der Waals surface area (Å²) in [6, 6.07) is 15.1. The van der Waals surface area contributed by atoms with Crippen LogP contribution in [0.2, 0.25) is 0 Å². The first-order chi connectivity index (χ1) is 15.9. The van der Waals surface area contributed by atoms with E-state index < -0.39 is 17.9 Å². The van der Waals surface area contributed by atoms with Gasteiger partial charge in [0, 0.05) is 11.9 Å². The van der Waals surface area contributed by atoms with Crippen molar-refractivity contribution in [2.24, 2.45) is 0 Å². The van der Waals surface area contributed by atoms with E-state index in [1.807, 2.05) is 6.07 Å². The maximum Gasteiger partial charge on any atom is 0.290 e. The molecule has 1 heterocycles. The van der Waals surface area contributed by atoms with Gasteiger partial charge in [-0.3, -0.25) is 25.2 Å². The third-order valence-electron chi connectivity index (χ3n) is 5.02. The third kappa shape index (κ3) is 5.74. The van der Waals surface area contributed by atoms with Crippen LogP contribution < -0.4 is 21.1 Å². The Bertz CT molecular complexity index is 1240. The number of hydrogen-bond acceptors (Lipinski definition) is 6. The lowest BCUT2D eigenvalue weighted by atomic mass is 10.1. The van der Waals surface area contributed by atoms with Gasteiger partial charge in [-0.25, -0.2) is 4.68 Å². The number of carbonyl (C=O) groups is 2. The lowest BCUT2D eigenvalue weighted by molar-refractivity contribution is -0.128. The number of nitrogens with zero attached hydrogens (tertiary/aromatic N) is 3. The minimum absolute atomic E-state index is 0.0441. The molecule has 0 fully saturated rings. The van der Waals surface area contributed by atoms with Crippen molar-refractivity contribution in [3.8, 4) is 11.8 Å². The van der Waals surface area contributed by atoms with Gasteiger partial charge < -0.3 is 4.74 Å². The second-order valence-corrected chi connectivity index (χ2v) is 7.47. The predicted molar refractivity (Wildman–Crippen MR) is 122 cm³/mol. The van der Waals surface area contributed by atoms with E-state index in [0.717, 1.165) is 19.3 Å². The number of benzene rings is 2. The molecule has 2 N–H and O–H groups in total. The van der Waals surface area contributed by atoms with E-state index in [0.29, 0.717) is 28.6 Å². The van der Waals surface area contributed by atoms with Crippen LogP contribution in [0.1, 0.15) is 49.2 Å². The molecular formula is C24H25N5O4. The van der Waals surface area contributed by atoms with E-state index in [1.165, 1.54) is 11.6 Å². The Morgan fingerprint density at radius 1 is 1.09 bits per heavy atom. The number of aromatic nitrogens is 2. The Labute approximate surface area is 190 Å². The highest BCUT2D eigenvalue weighted by Gasteiger charge is 2.19. The van der Waals surface area contributed by atoms with Crippen molar-refractivity contribution in [1.29, 1.82) is 5.26 Å². The molecule has 1 aromatic heterocycles. The smallest absolute Gasteiger partial charge is 0.290 e. The minimum atomic E-state index is -0.911. The fourth-order valence-electron chi connectivity index (χ4n) is 3.21. The number of rotatable bonds is 8. The first-order valence-corrected chi connectivity index (χ1v) is 10.7. The zero-order valence-electron chi connectivity index (χ0n) is 18.5. The number of unbranched alkanes of at least 4 members (excludes halogenated alkanes) is 2. The molecule has 0 radical (unpaired) electrons. The summed E-state index contributed by atoms with van der Waals surface area (Å²) in [5.74, 6) is -0.808. The fraction of sp³-hybridized carbons (Fsp3) is 0.292. The molecule has 33 heavy (non-hydrogen) atoms. The molecule has 0 aliphatic heterocycles. The molecule has 2 aromatic carbocycles. The molecule has 9 nitrogen and oxygen atoms in total. The number of carbonyl (C=O) groups excluding carboxylic acids is 2. The molecule has 170 valence electrons. The van der Waals surface area contributed by atoms with Gasteiger partial charge in [0.15, 0.2) is 11.8 Å². The average molecular weight is 447 g/mol. The molecule has 3 rings (SSSR count). The summed E-state index contributed by atoms with van der Waals surface area (Å²) in [4.78, 5) is 38.0. The van der Waals surface area contributed by atoms with Crippen molar-refractivity contribution in [3.63, 3.8) is 0 Å². The van der Waals surface area contributed by atoms with Crippen molar-refractivity contribution in [2.75, 3.05) is 0 Å². The lowest BCUT2D eigenvalue weighted by Crippen LogP contribution is -2.47. The quantitative estimate of drug-likeness (QED) is 0.404. The highest BCUT2D eigenvalue weighted by atomic mass is 16.5. The first kappa shape index (κ1) is 23.5. The summed E-state index contributed by atoms with van der Waals surface area (Å²) < 4.78 is 6.84. The summed E-state index contributed by atoms with van der Waals surface area (Å²) in [6.07, 6.45) is 1.79. The zero-order chi connectivity index (χ0) is 23.8. The van der Waals surface area contributed by atoms with Gasteiger partial charge in [-0.2, -0.15) is 10.4 Å². The lowest BCUT2D eigenvalue weighted by Gasteiger charge is -2.16. The summed E-state index contributed by atoms with van der Waals surface area (Å²) in [6.45, 7) is 3.99. The standard InChI is InChI=1S/C24H25N5O4/c1-3-4-7-14-29-24(32)20-9-6-5-8-19(20)21(28-29)23(31)27-26-22(30)16(2)33-18-12-10-17(15-25)11-13-18/h5-6,8-13,16H,3-4,7,14H2,1-2H3,(H,26,30)(H,27,31). The second-order valence-electron chi connectivity index (χ2n) is 7.47. The number of nitriles is 1. The van der Waals surface area contributed by atoms with Crippen molar-refractivity contribution in [1.82, 2.24) is 20.6 Å². The van der Waals surface area contributed by atoms with Gasteiger partial charge >= 0.3 is 0 Å². The summed E-state index contributed by atoms with van der Waals surface area (Å²) in [5.41, 5.74) is 4.94. The van der Waals surface area contributed by atoms with E-state index in [-0.39, 0.29) is 11.3 Å². The molecule has 3 aromatic rings. The number of amides is 2. The van der Waals surface area contributed by atoms with E-state index in [9.17, 15) is 14.4 Å². The molecular weight excluding hydrogens is 422 g/mol. The van der Waals surface area contributed by atoms with Crippen LogP contribution in [-0.2, 0) is 11.3 Å². The fourth-order valence-corrected chi connectivity index (χ4v) is 3.21. The van der Waals surface area contributed by atoms with Crippen LogP contribution in [0.25, 0.3) is 10.8 Å². The zero-order valence-corrected chi connectivity index (χ0v) is 18.5. The highest BCUT2D eigenvalue weighted by Crippen LogP contribution is 2.15. The molecule has 1 atom stereocenters. The van der Waals surface area contributed by atoms with Crippen LogP contribution in [0, 0.1) is 11.3 Å². The molecule has 9 heteroatoms. The van der Waals surface area contributed by atoms with Gasteiger partial charge in [-0.05, 0) is 43.7 Å². The molecule has 0 saturated heterocycles. The molecule has 0 spiro atoms. The van der Waals surface area contributed by atoms with Crippen LogP contribution in [0.15, 0.2) is 53.3 Å². The SMILES string of the molecule is CCCCCn1nc(C(=O)NNC(=O)C(C)Oc2ccc(C#N)cc2)c2ccccc2c1=O. The van der Waals surface area contributed by atoms with Crippen molar-refractivity contribution < 1.29 is 14.3 Å². The maximum absolute atomic E-state index is 12.8. The van der Waals surface area contributed by atoms with Crippen molar-refractivity contribution >= 4 is 22.6 Å². The Morgan fingerprint density at radius 2 is 1.79 bits per heavy atom. The Hall–Kier alpha value is -4.19. The van der Waals surface area contributed by atoms with Gasteiger partial charge in [0.2, 0.25) is 0 Å². The summed E-state index contributed by atoms with van der Waals surface area (Å²) in [5, 5.41) is 13.9. The molecule has 2 amide bonds. The predicted octanol–water partition coefficient (Wildman–Crippen LogP) is 2.69. The molecule has 0 saturated carbocycles. The van der Waals surface area contributed by atoms with Crippen LogP contribution in [-0.4, -0.2) is 27.7 Å². The van der Waals surface area contributed by atoms with Gasteiger partial charge in [0.1, 0.15) is 5.75 Å². The van der Waals surface area contributed by atoms with Crippen molar-refractivity contribution in [2.45, 2.75) is 45.8 Å². The minimum Gasteiger partial charge on any atom is -0.481 e. The van der Waals surface area contributed by atoms with Gasteiger partial charge in [0.25, 0.3) is 17.4 Å². The van der Waals surface area contributed by atoms with E-state index in [4.69, 9.17) is 10.00 Å². The van der Waals surface area contributed by atoms with E-state index in [2.05, 4.69) is 22.9 Å². The topological polar surface area (TPSA) is 126 Å². The molecule has 0 bridgehead atoms. The largest absolute Gasteiger partial charge is 0.481 e. The van der Waals surface area contributed by atoms with Gasteiger partial charge in [-0.1, -0.05) is 38.0 Å².